The molecule has 0 spiro atoms. The first kappa shape index (κ1) is 12.1. The Bertz CT molecular complexity index is 513. The average Bonchev–Trinajstić information content (AvgIpc) is 2.40. The maximum Gasteiger partial charge on any atom is 0.168 e. The summed E-state index contributed by atoms with van der Waals surface area (Å²) in [5.41, 5.74) is 10.0. The molecule has 94 valence electrons. The number of hydrogen-bond acceptors (Lipinski definition) is 6. The van der Waals surface area contributed by atoms with Crippen molar-refractivity contribution in [3.05, 3.63) is 42.2 Å². The molecule has 6 nitrogen and oxygen atoms in total. The van der Waals surface area contributed by atoms with Crippen LogP contribution in [-0.4, -0.2) is 17.0 Å². The van der Waals surface area contributed by atoms with Gasteiger partial charge in [0.15, 0.2) is 11.6 Å². The van der Waals surface area contributed by atoms with Gasteiger partial charge in [-0.15, -0.1) is 0 Å². The van der Waals surface area contributed by atoms with Crippen molar-refractivity contribution in [3.63, 3.8) is 0 Å². The topological polar surface area (TPSA) is 93.1 Å². The lowest BCUT2D eigenvalue weighted by atomic mass is 10.2. The zero-order valence-electron chi connectivity index (χ0n) is 10.2. The van der Waals surface area contributed by atoms with E-state index in [-0.39, 0.29) is 0 Å². The van der Waals surface area contributed by atoms with E-state index in [0.717, 1.165) is 0 Å². The summed E-state index contributed by atoms with van der Waals surface area (Å²) in [4.78, 5) is 10.1. The normalized spacial score (nSPS) is 10.1. The number of hydrazine groups is 1. The van der Waals surface area contributed by atoms with Crippen LogP contribution in [0.2, 0.25) is 0 Å². The number of nitrogens with zero attached hydrogens (tertiary/aromatic N) is 3. The van der Waals surface area contributed by atoms with Gasteiger partial charge in [-0.1, -0.05) is 30.3 Å². The predicted octanol–water partition coefficient (Wildman–Crippen LogP) is 0.981. The Kier molecular flexibility index (Phi) is 3.59. The molecule has 0 aliphatic rings. The molecule has 0 unspecified atom stereocenters. The lowest BCUT2D eigenvalue weighted by Crippen LogP contribution is -2.21. The second-order valence-electron chi connectivity index (χ2n) is 3.95. The minimum absolute atomic E-state index is 0.430. The van der Waals surface area contributed by atoms with Crippen LogP contribution < -0.4 is 21.9 Å². The van der Waals surface area contributed by atoms with Crippen molar-refractivity contribution < 1.29 is 0 Å². The first-order valence-corrected chi connectivity index (χ1v) is 5.54. The molecule has 0 aliphatic carbocycles. The molecule has 2 rings (SSSR count). The number of nitrogens with one attached hydrogen (secondary N) is 1. The van der Waals surface area contributed by atoms with Crippen LogP contribution in [0.3, 0.4) is 0 Å². The monoisotopic (exact) mass is 244 g/mol. The van der Waals surface area contributed by atoms with Crippen LogP contribution in [-0.2, 0) is 6.54 Å². The summed E-state index contributed by atoms with van der Waals surface area (Å²) in [6.07, 6.45) is 1.43. The molecule has 1 aromatic heterocycles. The number of benzene rings is 1. The molecule has 6 heteroatoms. The quantitative estimate of drug-likeness (QED) is 0.548. The number of nitrogen functional groups attached to an aromatic ring is 2. The second kappa shape index (κ2) is 5.33. The number of rotatable bonds is 4. The van der Waals surface area contributed by atoms with E-state index in [1.807, 2.05) is 30.1 Å². The van der Waals surface area contributed by atoms with E-state index < -0.39 is 0 Å². The Morgan fingerprint density at radius 2 is 1.94 bits per heavy atom. The molecular formula is C12H16N6. The predicted molar refractivity (Wildman–Crippen MR) is 72.8 cm³/mol. The number of anilines is 3. The van der Waals surface area contributed by atoms with Gasteiger partial charge < -0.3 is 16.1 Å². The zero-order chi connectivity index (χ0) is 13.0. The Morgan fingerprint density at radius 3 is 2.61 bits per heavy atom. The molecule has 0 radical (unpaired) electrons. The fourth-order valence-corrected chi connectivity index (χ4v) is 1.74. The molecule has 0 saturated carbocycles. The summed E-state index contributed by atoms with van der Waals surface area (Å²) in [5.74, 6) is 6.42. The van der Waals surface area contributed by atoms with Gasteiger partial charge in [0.1, 0.15) is 12.0 Å². The fraction of sp³-hybridized carbons (Fsp3) is 0.167. The number of aromatic nitrogens is 2. The highest BCUT2D eigenvalue weighted by molar-refractivity contribution is 5.74. The molecule has 5 N–H and O–H groups in total. The van der Waals surface area contributed by atoms with Crippen molar-refractivity contribution in [1.29, 1.82) is 0 Å². The fourth-order valence-electron chi connectivity index (χ4n) is 1.74. The second-order valence-corrected chi connectivity index (χ2v) is 3.95. The highest BCUT2D eigenvalue weighted by Gasteiger charge is 2.11. The highest BCUT2D eigenvalue weighted by atomic mass is 15.3. The molecule has 0 bridgehead atoms. The first-order valence-electron chi connectivity index (χ1n) is 5.54. The van der Waals surface area contributed by atoms with E-state index in [2.05, 4.69) is 27.5 Å². The Hall–Kier alpha value is -2.34. The molecule has 0 saturated heterocycles. The largest absolute Gasteiger partial charge is 0.393 e. The van der Waals surface area contributed by atoms with E-state index in [1.165, 1.54) is 11.9 Å². The summed E-state index contributed by atoms with van der Waals surface area (Å²) in [7, 11) is 1.92. The summed E-state index contributed by atoms with van der Waals surface area (Å²) >= 11 is 0. The van der Waals surface area contributed by atoms with Crippen molar-refractivity contribution in [3.8, 4) is 0 Å². The van der Waals surface area contributed by atoms with Crippen LogP contribution in [0, 0.1) is 0 Å². The number of hydrogen-bond donors (Lipinski definition) is 3. The molecule has 1 heterocycles. The van der Waals surface area contributed by atoms with Crippen molar-refractivity contribution in [1.82, 2.24) is 9.97 Å². The van der Waals surface area contributed by atoms with E-state index >= 15 is 0 Å². The van der Waals surface area contributed by atoms with Crippen molar-refractivity contribution in [2.24, 2.45) is 5.84 Å². The Labute approximate surface area is 106 Å². The van der Waals surface area contributed by atoms with Crippen molar-refractivity contribution in [2.75, 3.05) is 23.1 Å². The smallest absolute Gasteiger partial charge is 0.168 e. The third-order valence-electron chi connectivity index (χ3n) is 2.62. The van der Waals surface area contributed by atoms with Gasteiger partial charge in [-0.25, -0.2) is 15.8 Å². The summed E-state index contributed by atoms with van der Waals surface area (Å²) in [6.45, 7) is 0.714. The molecule has 0 fully saturated rings. The summed E-state index contributed by atoms with van der Waals surface area (Å²) in [5, 5.41) is 0. The van der Waals surface area contributed by atoms with Gasteiger partial charge in [0, 0.05) is 13.6 Å². The summed E-state index contributed by atoms with van der Waals surface area (Å²) < 4.78 is 0. The molecular weight excluding hydrogens is 228 g/mol. The SMILES string of the molecule is CN(Cc1ccccc1)c1ncnc(NN)c1N. The first-order chi connectivity index (χ1) is 8.72. The standard InChI is InChI=1S/C12H16N6/c1-18(7-9-5-3-2-4-6-9)12-10(13)11(17-14)15-8-16-12/h2-6,8H,7,13-14H2,1H3,(H,15,16,17). The van der Waals surface area contributed by atoms with Crippen LogP contribution in [0.5, 0.6) is 0 Å². The van der Waals surface area contributed by atoms with Gasteiger partial charge in [0.05, 0.1) is 0 Å². The molecule has 0 aliphatic heterocycles. The van der Waals surface area contributed by atoms with Gasteiger partial charge in [0.2, 0.25) is 0 Å². The maximum absolute atomic E-state index is 5.94. The summed E-state index contributed by atoms with van der Waals surface area (Å²) in [6, 6.07) is 10.1. The molecule has 2 aromatic rings. The van der Waals surface area contributed by atoms with Crippen molar-refractivity contribution in [2.45, 2.75) is 6.54 Å². The van der Waals surface area contributed by atoms with Crippen LogP contribution in [0.25, 0.3) is 0 Å². The molecule has 0 atom stereocenters. The lowest BCUT2D eigenvalue weighted by Gasteiger charge is -2.20. The van der Waals surface area contributed by atoms with E-state index in [0.29, 0.717) is 23.9 Å². The third-order valence-corrected chi connectivity index (χ3v) is 2.62. The lowest BCUT2D eigenvalue weighted by molar-refractivity contribution is 0.893. The van der Waals surface area contributed by atoms with Crippen LogP contribution in [0.15, 0.2) is 36.7 Å². The zero-order valence-corrected chi connectivity index (χ0v) is 10.2. The Morgan fingerprint density at radius 1 is 1.22 bits per heavy atom. The Balaban J connectivity index is 2.21. The van der Waals surface area contributed by atoms with E-state index in [9.17, 15) is 0 Å². The highest BCUT2D eigenvalue weighted by Crippen LogP contribution is 2.25. The van der Waals surface area contributed by atoms with Gasteiger partial charge in [0.25, 0.3) is 0 Å². The van der Waals surface area contributed by atoms with Gasteiger partial charge in [-0.05, 0) is 5.56 Å². The molecule has 18 heavy (non-hydrogen) atoms. The van der Waals surface area contributed by atoms with Crippen LogP contribution >= 0.6 is 0 Å². The van der Waals surface area contributed by atoms with Crippen LogP contribution in [0.1, 0.15) is 5.56 Å². The minimum atomic E-state index is 0.430. The average molecular weight is 244 g/mol. The third kappa shape index (κ3) is 2.49. The van der Waals surface area contributed by atoms with Gasteiger partial charge >= 0.3 is 0 Å². The van der Waals surface area contributed by atoms with E-state index in [1.54, 1.807) is 0 Å². The van der Waals surface area contributed by atoms with E-state index in [4.69, 9.17) is 11.6 Å². The molecule has 1 aromatic carbocycles. The van der Waals surface area contributed by atoms with Gasteiger partial charge in [-0.3, -0.25) is 0 Å². The van der Waals surface area contributed by atoms with Crippen molar-refractivity contribution >= 4 is 17.3 Å². The minimum Gasteiger partial charge on any atom is -0.393 e. The van der Waals surface area contributed by atoms with Crippen LogP contribution in [0.4, 0.5) is 17.3 Å². The maximum atomic E-state index is 5.94. The number of nitrogens with two attached hydrogens (primary N) is 2. The molecule has 0 amide bonds. The van der Waals surface area contributed by atoms with Gasteiger partial charge in [-0.2, -0.15) is 0 Å².